The lowest BCUT2D eigenvalue weighted by Gasteiger charge is -2.01. The molecule has 0 saturated carbocycles. The minimum atomic E-state index is 0.665. The summed E-state index contributed by atoms with van der Waals surface area (Å²) in [5, 5.41) is 8.07. The minimum Gasteiger partial charge on any atom is -0.315 e. The molecule has 0 unspecified atom stereocenters. The van der Waals surface area contributed by atoms with Crippen molar-refractivity contribution in [3.05, 3.63) is 15.9 Å². The molecule has 0 amide bonds. The summed E-state index contributed by atoms with van der Waals surface area (Å²) < 4.78 is 3.39. The monoisotopic (exact) mass is 271 g/mol. The molecule has 0 radical (unpaired) electrons. The van der Waals surface area contributed by atoms with E-state index in [4.69, 9.17) is 0 Å². The largest absolute Gasteiger partial charge is 0.315 e. The Morgan fingerprint density at radius 2 is 2.27 bits per heavy atom. The van der Waals surface area contributed by atoms with Crippen LogP contribution in [0.15, 0.2) is 4.47 Å². The molecule has 0 saturated heterocycles. The molecule has 0 bridgehead atoms. The van der Waals surface area contributed by atoms with Crippen molar-refractivity contribution < 1.29 is 0 Å². The quantitative estimate of drug-likeness (QED) is 0.892. The van der Waals surface area contributed by atoms with Gasteiger partial charge in [0, 0.05) is 19.5 Å². The second kappa shape index (κ2) is 4.66. The van der Waals surface area contributed by atoms with E-state index in [1.807, 2.05) is 0 Å². The predicted molar refractivity (Wildman–Crippen MR) is 65.0 cm³/mol. The van der Waals surface area contributed by atoms with Crippen LogP contribution < -0.4 is 5.32 Å². The molecular weight excluding hydrogens is 254 g/mol. The lowest BCUT2D eigenvalue weighted by Crippen LogP contribution is -2.18. The fraction of sp³-hybridized carbons (Fsp3) is 0.727. The zero-order valence-corrected chi connectivity index (χ0v) is 11.0. The van der Waals surface area contributed by atoms with Gasteiger partial charge in [0.05, 0.1) is 22.4 Å². The summed E-state index contributed by atoms with van der Waals surface area (Å²) in [4.78, 5) is 0. The Morgan fingerprint density at radius 1 is 1.47 bits per heavy atom. The molecule has 0 aliphatic carbocycles. The number of nitrogens with zero attached hydrogens (tertiary/aromatic N) is 2. The first-order chi connectivity index (χ1) is 7.18. The second-order valence-corrected chi connectivity index (χ2v) is 5.32. The average molecular weight is 272 g/mol. The van der Waals surface area contributed by atoms with Crippen LogP contribution in [-0.4, -0.2) is 22.9 Å². The first kappa shape index (κ1) is 11.1. The molecule has 1 aromatic heterocycles. The van der Waals surface area contributed by atoms with Crippen molar-refractivity contribution in [2.45, 2.75) is 33.2 Å². The number of nitrogens with one attached hydrogen (secondary N) is 1. The molecule has 1 aromatic rings. The zero-order chi connectivity index (χ0) is 10.8. The molecule has 0 spiro atoms. The van der Waals surface area contributed by atoms with Crippen molar-refractivity contribution in [3.8, 4) is 0 Å². The maximum Gasteiger partial charge on any atom is 0.0772 e. The Hall–Kier alpha value is -0.350. The number of halogens is 1. The third-order valence-corrected chi connectivity index (χ3v) is 3.62. The highest BCUT2D eigenvalue weighted by molar-refractivity contribution is 9.10. The molecule has 3 nitrogen and oxygen atoms in total. The molecule has 0 atom stereocenters. The van der Waals surface area contributed by atoms with Crippen LogP contribution in [0.3, 0.4) is 0 Å². The van der Waals surface area contributed by atoms with Crippen LogP contribution in [0.25, 0.3) is 0 Å². The smallest absolute Gasteiger partial charge is 0.0772 e. The van der Waals surface area contributed by atoms with Crippen LogP contribution in [0.1, 0.15) is 25.2 Å². The highest BCUT2D eigenvalue weighted by Crippen LogP contribution is 2.24. The molecule has 0 aromatic carbocycles. The van der Waals surface area contributed by atoms with E-state index in [1.54, 1.807) is 0 Å². The molecule has 1 N–H and O–H groups in total. The first-order valence-corrected chi connectivity index (χ1v) is 6.42. The van der Waals surface area contributed by atoms with E-state index in [0.29, 0.717) is 5.92 Å². The fourth-order valence-electron chi connectivity index (χ4n) is 1.99. The SMILES string of the molecule is CC(C)Cc1nn2c(c1Br)CCNCC2. The fourth-order valence-corrected chi connectivity index (χ4v) is 2.63. The number of hydrogen-bond donors (Lipinski definition) is 1. The third kappa shape index (κ3) is 2.42. The Balaban J connectivity index is 2.27. The molecule has 15 heavy (non-hydrogen) atoms. The van der Waals surface area contributed by atoms with Crippen LogP contribution in [0.2, 0.25) is 0 Å². The van der Waals surface area contributed by atoms with Crippen molar-refractivity contribution in [2.75, 3.05) is 13.1 Å². The molecule has 0 fully saturated rings. The Morgan fingerprint density at radius 3 is 3.00 bits per heavy atom. The summed E-state index contributed by atoms with van der Waals surface area (Å²) in [6.45, 7) is 7.55. The van der Waals surface area contributed by atoms with Crippen molar-refractivity contribution in [1.82, 2.24) is 15.1 Å². The predicted octanol–water partition coefficient (Wildman–Crippen LogP) is 1.99. The van der Waals surface area contributed by atoms with E-state index in [9.17, 15) is 0 Å². The lowest BCUT2D eigenvalue weighted by atomic mass is 10.1. The summed E-state index contributed by atoms with van der Waals surface area (Å²) >= 11 is 3.69. The van der Waals surface area contributed by atoms with Gasteiger partial charge in [0.25, 0.3) is 0 Å². The van der Waals surface area contributed by atoms with Crippen molar-refractivity contribution in [2.24, 2.45) is 5.92 Å². The molecule has 2 heterocycles. The summed E-state index contributed by atoms with van der Waals surface area (Å²) in [6, 6.07) is 0. The van der Waals surface area contributed by atoms with Gasteiger partial charge in [0.2, 0.25) is 0 Å². The maximum atomic E-state index is 4.68. The molecular formula is C11H18BrN3. The first-order valence-electron chi connectivity index (χ1n) is 5.63. The van der Waals surface area contributed by atoms with Gasteiger partial charge in [-0.2, -0.15) is 5.10 Å². The minimum absolute atomic E-state index is 0.665. The van der Waals surface area contributed by atoms with Crippen molar-refractivity contribution >= 4 is 15.9 Å². The van der Waals surface area contributed by atoms with E-state index >= 15 is 0 Å². The van der Waals surface area contributed by atoms with Crippen LogP contribution in [0, 0.1) is 5.92 Å². The highest BCUT2D eigenvalue weighted by atomic mass is 79.9. The van der Waals surface area contributed by atoms with Gasteiger partial charge in [-0.1, -0.05) is 13.8 Å². The molecule has 1 aliphatic heterocycles. The normalized spacial score (nSPS) is 16.5. The highest BCUT2D eigenvalue weighted by Gasteiger charge is 2.17. The Bertz CT molecular complexity index is 344. The molecule has 2 rings (SSSR count). The van der Waals surface area contributed by atoms with Crippen LogP contribution >= 0.6 is 15.9 Å². The summed E-state index contributed by atoms with van der Waals surface area (Å²) in [6.07, 6.45) is 2.14. The van der Waals surface area contributed by atoms with Crippen molar-refractivity contribution in [1.29, 1.82) is 0 Å². The topological polar surface area (TPSA) is 29.9 Å². The van der Waals surface area contributed by atoms with Crippen molar-refractivity contribution in [3.63, 3.8) is 0 Å². The van der Waals surface area contributed by atoms with Gasteiger partial charge in [0.1, 0.15) is 0 Å². The van der Waals surface area contributed by atoms with Gasteiger partial charge in [-0.25, -0.2) is 0 Å². The van der Waals surface area contributed by atoms with E-state index in [1.165, 1.54) is 15.9 Å². The molecule has 1 aliphatic rings. The number of rotatable bonds is 2. The van der Waals surface area contributed by atoms with Gasteiger partial charge in [-0.15, -0.1) is 0 Å². The summed E-state index contributed by atoms with van der Waals surface area (Å²) in [5.41, 5.74) is 2.58. The average Bonchev–Trinajstić information content (AvgIpc) is 2.40. The Labute approximate surface area is 99.4 Å². The zero-order valence-electron chi connectivity index (χ0n) is 9.39. The van der Waals surface area contributed by atoms with Gasteiger partial charge in [0.15, 0.2) is 0 Å². The molecule has 4 heteroatoms. The van der Waals surface area contributed by atoms with Gasteiger partial charge < -0.3 is 5.32 Å². The van der Waals surface area contributed by atoms with Crippen LogP contribution in [-0.2, 0) is 19.4 Å². The Kier molecular flexibility index (Phi) is 3.46. The number of hydrogen-bond acceptors (Lipinski definition) is 2. The number of aromatic nitrogens is 2. The van der Waals surface area contributed by atoms with E-state index in [0.717, 1.165) is 32.5 Å². The lowest BCUT2D eigenvalue weighted by molar-refractivity contribution is 0.566. The third-order valence-electron chi connectivity index (χ3n) is 2.70. The van der Waals surface area contributed by atoms with E-state index < -0.39 is 0 Å². The van der Waals surface area contributed by atoms with E-state index in [-0.39, 0.29) is 0 Å². The van der Waals surface area contributed by atoms with Gasteiger partial charge in [-0.3, -0.25) is 4.68 Å². The van der Waals surface area contributed by atoms with E-state index in [2.05, 4.69) is 44.9 Å². The maximum absolute atomic E-state index is 4.68. The van der Waals surface area contributed by atoms with Crippen LogP contribution in [0.4, 0.5) is 0 Å². The summed E-state index contributed by atoms with van der Waals surface area (Å²) in [7, 11) is 0. The van der Waals surface area contributed by atoms with Gasteiger partial charge in [-0.05, 0) is 28.3 Å². The molecule has 84 valence electrons. The standard InChI is InChI=1S/C11H18BrN3/c1-8(2)7-9-11(12)10-3-4-13-5-6-15(10)14-9/h8,13H,3-7H2,1-2H3. The second-order valence-electron chi connectivity index (χ2n) is 4.53. The van der Waals surface area contributed by atoms with Gasteiger partial charge >= 0.3 is 0 Å². The summed E-state index contributed by atoms with van der Waals surface area (Å²) in [5.74, 6) is 0.665. The number of fused-ring (bicyclic) bond motifs is 1. The van der Waals surface area contributed by atoms with Crippen LogP contribution in [0.5, 0.6) is 0 Å².